The second kappa shape index (κ2) is 17.9. The highest BCUT2D eigenvalue weighted by atomic mass is 16.6. The van der Waals surface area contributed by atoms with Crippen LogP contribution in [0.25, 0.3) is 0 Å². The fourth-order valence-corrected chi connectivity index (χ4v) is 5.89. The highest BCUT2D eigenvalue weighted by Crippen LogP contribution is 2.38. The van der Waals surface area contributed by atoms with Crippen LogP contribution in [-0.4, -0.2) is 93.3 Å². The minimum atomic E-state index is -0.561. The first-order chi connectivity index (χ1) is 21.1. The van der Waals surface area contributed by atoms with E-state index in [0.29, 0.717) is 58.7 Å². The zero-order valence-corrected chi connectivity index (χ0v) is 26.6. The summed E-state index contributed by atoms with van der Waals surface area (Å²) in [6, 6.07) is 15.1. The summed E-state index contributed by atoms with van der Waals surface area (Å²) in [6.45, 7) is 10.6. The smallest absolute Gasteiger partial charge is 0.142 e. The third kappa shape index (κ3) is 9.62. The van der Waals surface area contributed by atoms with Gasteiger partial charge < -0.3 is 43.4 Å². The van der Waals surface area contributed by atoms with Gasteiger partial charge in [0.15, 0.2) is 0 Å². The summed E-state index contributed by atoms with van der Waals surface area (Å²) >= 11 is 0. The zero-order chi connectivity index (χ0) is 30.3. The lowest BCUT2D eigenvalue weighted by molar-refractivity contribution is -0.171. The zero-order valence-electron chi connectivity index (χ0n) is 26.6. The Kier molecular flexibility index (Phi) is 14.0. The SMILES string of the molecule is COCCCO[C@]1(c2ccc(COC[C@@H](C)COC)cc2)CCNC[C@@H]1OCc1ccc2c(c1)N(CCCOC)CCO2. The highest BCUT2D eigenvalue weighted by Gasteiger charge is 2.44. The van der Waals surface area contributed by atoms with Crippen LogP contribution in [0.1, 0.15) is 42.9 Å². The molecule has 2 aliphatic heterocycles. The highest BCUT2D eigenvalue weighted by molar-refractivity contribution is 5.61. The molecular formula is C34H52N2O7. The van der Waals surface area contributed by atoms with E-state index < -0.39 is 5.60 Å². The molecule has 1 N–H and O–H groups in total. The number of ether oxygens (including phenoxy) is 7. The molecule has 240 valence electrons. The Bertz CT molecular complexity index is 1070. The van der Waals surface area contributed by atoms with Crippen LogP contribution in [0.15, 0.2) is 42.5 Å². The van der Waals surface area contributed by atoms with Crippen molar-refractivity contribution in [1.82, 2.24) is 5.32 Å². The molecule has 0 aromatic heterocycles. The number of methoxy groups -OCH3 is 3. The number of nitrogens with zero attached hydrogens (tertiary/aromatic N) is 1. The van der Waals surface area contributed by atoms with E-state index in [4.69, 9.17) is 33.2 Å². The number of nitrogens with one attached hydrogen (secondary N) is 1. The number of benzene rings is 2. The Labute approximate surface area is 258 Å². The van der Waals surface area contributed by atoms with Crippen LogP contribution in [0, 0.1) is 5.92 Å². The van der Waals surface area contributed by atoms with Gasteiger partial charge in [-0.15, -0.1) is 0 Å². The molecule has 2 aliphatic rings. The number of rotatable bonds is 19. The minimum Gasteiger partial charge on any atom is -0.490 e. The van der Waals surface area contributed by atoms with E-state index in [2.05, 4.69) is 59.6 Å². The standard InChI is InChI=1S/C34H52N2O7/c1-27(23-39-4)24-40-25-28-7-10-30(11-8-28)34(43-19-6-18-38-3)13-14-35-22-33(34)42-26-29-9-12-32-31(21-29)36(16-20-41-32)15-5-17-37-2/h7-12,21,27,33,35H,5-6,13-20,22-26H2,1-4H3/t27-,33-,34-/m0/s1. The number of anilines is 1. The van der Waals surface area contributed by atoms with Crippen molar-refractivity contribution in [2.24, 2.45) is 5.92 Å². The van der Waals surface area contributed by atoms with E-state index in [0.717, 1.165) is 73.6 Å². The quantitative estimate of drug-likeness (QED) is 0.234. The maximum atomic E-state index is 6.77. The first-order valence-electron chi connectivity index (χ1n) is 15.7. The Morgan fingerprint density at radius 2 is 1.72 bits per heavy atom. The van der Waals surface area contributed by atoms with Gasteiger partial charge in [0, 0.05) is 53.6 Å². The molecule has 0 spiro atoms. The van der Waals surface area contributed by atoms with Crippen molar-refractivity contribution >= 4 is 5.69 Å². The molecule has 4 rings (SSSR count). The Balaban J connectivity index is 1.47. The molecule has 0 bridgehead atoms. The summed E-state index contributed by atoms with van der Waals surface area (Å²) in [5.74, 6) is 1.29. The van der Waals surface area contributed by atoms with Gasteiger partial charge in [0.25, 0.3) is 0 Å². The third-order valence-electron chi connectivity index (χ3n) is 8.15. The Hall–Kier alpha value is -2.24. The molecule has 0 saturated carbocycles. The molecule has 0 amide bonds. The average Bonchev–Trinajstić information content (AvgIpc) is 3.03. The molecule has 0 radical (unpaired) electrons. The molecule has 3 atom stereocenters. The van der Waals surface area contributed by atoms with Gasteiger partial charge in [0.05, 0.1) is 45.3 Å². The van der Waals surface area contributed by atoms with Crippen molar-refractivity contribution in [1.29, 1.82) is 0 Å². The van der Waals surface area contributed by atoms with Crippen LogP contribution in [0.3, 0.4) is 0 Å². The molecule has 9 nitrogen and oxygen atoms in total. The van der Waals surface area contributed by atoms with Gasteiger partial charge in [-0.2, -0.15) is 0 Å². The summed E-state index contributed by atoms with van der Waals surface area (Å²) in [5.41, 5.74) is 3.96. The lowest BCUT2D eigenvalue weighted by Gasteiger charge is -2.44. The van der Waals surface area contributed by atoms with E-state index in [1.54, 1.807) is 21.3 Å². The maximum absolute atomic E-state index is 6.77. The fourth-order valence-electron chi connectivity index (χ4n) is 5.89. The maximum Gasteiger partial charge on any atom is 0.142 e. The predicted molar refractivity (Wildman–Crippen MR) is 168 cm³/mol. The van der Waals surface area contributed by atoms with Crippen LogP contribution < -0.4 is 15.0 Å². The number of piperidine rings is 1. The van der Waals surface area contributed by atoms with Crippen LogP contribution in [-0.2, 0) is 47.2 Å². The van der Waals surface area contributed by atoms with E-state index in [-0.39, 0.29) is 6.10 Å². The molecule has 1 saturated heterocycles. The molecule has 0 aliphatic carbocycles. The van der Waals surface area contributed by atoms with Crippen LogP contribution in [0.4, 0.5) is 5.69 Å². The molecule has 2 aromatic carbocycles. The summed E-state index contributed by atoms with van der Waals surface area (Å²) in [4.78, 5) is 2.39. The molecule has 2 aromatic rings. The average molecular weight is 601 g/mol. The fraction of sp³-hybridized carbons (Fsp3) is 0.647. The lowest BCUT2D eigenvalue weighted by atomic mass is 9.82. The molecule has 43 heavy (non-hydrogen) atoms. The Morgan fingerprint density at radius 1 is 0.930 bits per heavy atom. The van der Waals surface area contributed by atoms with E-state index in [1.807, 2.05) is 0 Å². The van der Waals surface area contributed by atoms with Crippen LogP contribution >= 0.6 is 0 Å². The first-order valence-corrected chi connectivity index (χ1v) is 15.7. The van der Waals surface area contributed by atoms with Crippen molar-refractivity contribution in [3.8, 4) is 5.75 Å². The van der Waals surface area contributed by atoms with Crippen LogP contribution in [0.5, 0.6) is 5.75 Å². The summed E-state index contributed by atoms with van der Waals surface area (Å²) in [5, 5.41) is 3.54. The minimum absolute atomic E-state index is 0.161. The van der Waals surface area contributed by atoms with E-state index >= 15 is 0 Å². The first kappa shape index (κ1) is 33.6. The number of hydrogen-bond acceptors (Lipinski definition) is 9. The monoisotopic (exact) mass is 600 g/mol. The van der Waals surface area contributed by atoms with Crippen molar-refractivity contribution in [2.75, 3.05) is 92.0 Å². The second-order valence-corrected chi connectivity index (χ2v) is 11.6. The van der Waals surface area contributed by atoms with Crippen molar-refractivity contribution < 1.29 is 33.2 Å². The molecule has 0 unspecified atom stereocenters. The molecular weight excluding hydrogens is 548 g/mol. The van der Waals surface area contributed by atoms with Gasteiger partial charge in [-0.25, -0.2) is 0 Å². The van der Waals surface area contributed by atoms with E-state index in [9.17, 15) is 0 Å². The predicted octanol–water partition coefficient (Wildman–Crippen LogP) is 4.55. The van der Waals surface area contributed by atoms with Crippen LogP contribution in [0.2, 0.25) is 0 Å². The van der Waals surface area contributed by atoms with Crippen molar-refractivity contribution in [3.05, 3.63) is 59.2 Å². The molecule has 1 fully saturated rings. The summed E-state index contributed by atoms with van der Waals surface area (Å²) in [6.07, 6.45) is 2.46. The second-order valence-electron chi connectivity index (χ2n) is 11.6. The normalized spacial score (nSPS) is 20.9. The van der Waals surface area contributed by atoms with Gasteiger partial charge >= 0.3 is 0 Å². The lowest BCUT2D eigenvalue weighted by Crippen LogP contribution is -2.54. The summed E-state index contributed by atoms with van der Waals surface area (Å²) < 4.78 is 41.2. The number of fused-ring (bicyclic) bond motifs is 1. The largest absolute Gasteiger partial charge is 0.490 e. The van der Waals surface area contributed by atoms with Crippen molar-refractivity contribution in [2.45, 2.75) is 51.1 Å². The molecule has 2 heterocycles. The number of hydrogen-bond donors (Lipinski definition) is 1. The van der Waals surface area contributed by atoms with Gasteiger partial charge in [-0.1, -0.05) is 37.3 Å². The topological polar surface area (TPSA) is 79.9 Å². The summed E-state index contributed by atoms with van der Waals surface area (Å²) in [7, 11) is 5.20. The molecule has 9 heteroatoms. The van der Waals surface area contributed by atoms with Gasteiger partial charge in [0.2, 0.25) is 0 Å². The van der Waals surface area contributed by atoms with Gasteiger partial charge in [0.1, 0.15) is 24.1 Å². The van der Waals surface area contributed by atoms with Gasteiger partial charge in [-0.05, 0) is 54.6 Å². The Morgan fingerprint density at radius 3 is 2.51 bits per heavy atom. The third-order valence-corrected chi connectivity index (χ3v) is 8.15. The van der Waals surface area contributed by atoms with E-state index in [1.165, 1.54) is 0 Å². The van der Waals surface area contributed by atoms with Gasteiger partial charge in [-0.3, -0.25) is 0 Å². The van der Waals surface area contributed by atoms with Crippen molar-refractivity contribution in [3.63, 3.8) is 0 Å².